The fraction of sp³-hybridized carbons (Fsp3) is 0.286. The summed E-state index contributed by atoms with van der Waals surface area (Å²) < 4.78 is -1.33. The molecule has 1 N–H and O–H groups in total. The second-order valence-electron chi connectivity index (χ2n) is 7.31. The first-order chi connectivity index (χ1) is 14.4. The number of carbonyl (C=O) groups is 3. The summed E-state index contributed by atoms with van der Waals surface area (Å²) >= 11 is 31.0. The molecule has 0 saturated heterocycles. The number of nitrogens with zero attached hydrogens (tertiary/aromatic N) is 1. The molecule has 0 radical (unpaired) electrons. The van der Waals surface area contributed by atoms with E-state index >= 15 is 0 Å². The topological polar surface area (TPSA) is 66.5 Å². The van der Waals surface area contributed by atoms with Crippen molar-refractivity contribution in [3.8, 4) is 0 Å². The lowest BCUT2D eigenvalue weighted by molar-refractivity contribution is -0.127. The SMILES string of the molecule is CC(=O)N(C)CC(=O)c1cc(NC(=O)C2C(c3cc(Cl)cc(Cl)c3)C2(Cl)Cl)ccc1Cl. The Bertz CT molecular complexity index is 1050. The summed E-state index contributed by atoms with van der Waals surface area (Å²) in [5, 5.41) is 3.75. The van der Waals surface area contributed by atoms with Crippen LogP contribution in [-0.2, 0) is 9.59 Å². The molecule has 10 heteroatoms. The summed E-state index contributed by atoms with van der Waals surface area (Å²) in [5.74, 6) is -2.28. The number of hydrogen-bond acceptors (Lipinski definition) is 3. The summed E-state index contributed by atoms with van der Waals surface area (Å²) in [5.41, 5.74) is 1.19. The number of Topliss-reactive ketones (excluding diaryl/α,β-unsaturated/α-hetero) is 1. The molecule has 1 aliphatic carbocycles. The molecule has 0 spiro atoms. The van der Waals surface area contributed by atoms with Gasteiger partial charge in [-0.3, -0.25) is 14.4 Å². The van der Waals surface area contributed by atoms with Crippen molar-refractivity contribution < 1.29 is 14.4 Å². The molecule has 2 unspecified atom stereocenters. The summed E-state index contributed by atoms with van der Waals surface area (Å²) in [6.07, 6.45) is 0. The highest BCUT2D eigenvalue weighted by atomic mass is 35.5. The second kappa shape index (κ2) is 9.16. The second-order valence-corrected chi connectivity index (χ2v) is 10.0. The molecule has 2 atom stereocenters. The number of carbonyl (C=O) groups excluding carboxylic acids is 3. The van der Waals surface area contributed by atoms with Crippen molar-refractivity contribution in [3.05, 3.63) is 62.6 Å². The Labute approximate surface area is 204 Å². The standard InChI is InChI=1S/C21H17Cl5N2O3/c1-10(29)28(2)9-17(30)15-8-14(3-4-16(15)24)27-20(31)19-18(21(19,25)26)11-5-12(22)7-13(23)6-11/h3-8,18-19H,9H2,1-2H3,(H,27,31). The lowest BCUT2D eigenvalue weighted by Gasteiger charge is -2.15. The molecule has 1 aliphatic rings. The van der Waals surface area contributed by atoms with Crippen molar-refractivity contribution in [1.29, 1.82) is 0 Å². The van der Waals surface area contributed by atoms with Gasteiger partial charge in [0.25, 0.3) is 0 Å². The predicted octanol–water partition coefficient (Wildman–Crippen LogP) is 5.83. The van der Waals surface area contributed by atoms with E-state index in [1.165, 1.54) is 31.0 Å². The zero-order valence-corrected chi connectivity index (χ0v) is 20.2. The summed E-state index contributed by atoms with van der Waals surface area (Å²) in [7, 11) is 1.51. The fourth-order valence-electron chi connectivity index (χ4n) is 3.27. The van der Waals surface area contributed by atoms with Crippen LogP contribution >= 0.6 is 58.0 Å². The van der Waals surface area contributed by atoms with Crippen LogP contribution in [0.15, 0.2) is 36.4 Å². The lowest BCUT2D eigenvalue weighted by atomic mass is 10.1. The van der Waals surface area contributed by atoms with Crippen LogP contribution in [0.25, 0.3) is 0 Å². The highest BCUT2D eigenvalue weighted by Gasteiger charge is 2.67. The maximum atomic E-state index is 12.9. The van der Waals surface area contributed by atoms with Gasteiger partial charge in [-0.1, -0.05) is 34.8 Å². The van der Waals surface area contributed by atoms with Gasteiger partial charge in [-0.2, -0.15) is 0 Å². The summed E-state index contributed by atoms with van der Waals surface area (Å²) in [4.78, 5) is 38.0. The number of halogens is 5. The largest absolute Gasteiger partial charge is 0.338 e. The van der Waals surface area contributed by atoms with Gasteiger partial charge in [0, 0.05) is 41.2 Å². The molecule has 5 nitrogen and oxygen atoms in total. The summed E-state index contributed by atoms with van der Waals surface area (Å²) in [6, 6.07) is 9.40. The number of anilines is 1. The van der Waals surface area contributed by atoms with E-state index in [4.69, 9.17) is 58.0 Å². The van der Waals surface area contributed by atoms with Gasteiger partial charge in [0.1, 0.15) is 4.33 Å². The first kappa shape index (κ1) is 24.1. The van der Waals surface area contributed by atoms with Gasteiger partial charge in [0.15, 0.2) is 5.78 Å². The van der Waals surface area contributed by atoms with Gasteiger partial charge >= 0.3 is 0 Å². The Hall–Kier alpha value is -1.50. The van der Waals surface area contributed by atoms with Crippen LogP contribution in [0.1, 0.15) is 28.8 Å². The third kappa shape index (κ3) is 5.29. The monoisotopic (exact) mass is 520 g/mol. The van der Waals surface area contributed by atoms with Crippen LogP contribution in [0.3, 0.4) is 0 Å². The maximum Gasteiger partial charge on any atom is 0.231 e. The van der Waals surface area contributed by atoms with Crippen molar-refractivity contribution in [2.45, 2.75) is 17.2 Å². The zero-order chi connectivity index (χ0) is 23.1. The number of hydrogen-bond donors (Lipinski definition) is 1. The van der Waals surface area contributed by atoms with Gasteiger partial charge < -0.3 is 10.2 Å². The van der Waals surface area contributed by atoms with E-state index in [1.807, 2.05) is 0 Å². The minimum absolute atomic E-state index is 0.140. The van der Waals surface area contributed by atoms with E-state index in [0.717, 1.165) is 0 Å². The van der Waals surface area contributed by atoms with Crippen LogP contribution in [0.4, 0.5) is 5.69 Å². The van der Waals surface area contributed by atoms with Crippen LogP contribution in [0, 0.1) is 5.92 Å². The first-order valence-electron chi connectivity index (χ1n) is 9.11. The van der Waals surface area contributed by atoms with Gasteiger partial charge in [-0.25, -0.2) is 0 Å². The number of likely N-dealkylation sites (N-methyl/N-ethyl adjacent to an activating group) is 1. The third-order valence-corrected chi connectivity index (χ3v) is 6.74. The molecule has 2 amide bonds. The molecule has 3 rings (SSSR count). The smallest absolute Gasteiger partial charge is 0.231 e. The first-order valence-corrected chi connectivity index (χ1v) is 11.0. The Balaban J connectivity index is 1.77. The summed E-state index contributed by atoms with van der Waals surface area (Å²) in [6.45, 7) is 1.22. The molecule has 0 aromatic heterocycles. The van der Waals surface area contributed by atoms with Crippen molar-refractivity contribution in [2.24, 2.45) is 5.92 Å². The Kier molecular flexibility index (Phi) is 7.14. The van der Waals surface area contributed by atoms with Crippen molar-refractivity contribution >= 4 is 81.3 Å². The Morgan fingerprint density at radius 1 is 1.03 bits per heavy atom. The molecule has 31 heavy (non-hydrogen) atoms. The van der Waals surface area contributed by atoms with Crippen LogP contribution < -0.4 is 5.32 Å². The van der Waals surface area contributed by atoms with Crippen LogP contribution in [0.2, 0.25) is 15.1 Å². The predicted molar refractivity (Wildman–Crippen MR) is 125 cm³/mol. The normalized spacial score (nSPS) is 18.9. The fourth-order valence-corrected chi connectivity index (χ4v) is 4.87. The van der Waals surface area contributed by atoms with E-state index in [9.17, 15) is 14.4 Å². The molecule has 1 fully saturated rings. The molecule has 2 aromatic rings. The highest BCUT2D eigenvalue weighted by Crippen LogP contribution is 2.65. The molecule has 1 saturated carbocycles. The lowest BCUT2D eigenvalue weighted by Crippen LogP contribution is -2.30. The molecule has 2 aromatic carbocycles. The molecule has 0 aliphatic heterocycles. The number of ketones is 1. The molecule has 164 valence electrons. The molecule has 0 heterocycles. The zero-order valence-electron chi connectivity index (χ0n) is 16.4. The number of amides is 2. The minimum atomic E-state index is -1.33. The molecular formula is C21H17Cl5N2O3. The van der Waals surface area contributed by atoms with E-state index in [0.29, 0.717) is 21.3 Å². The average molecular weight is 523 g/mol. The molecule has 0 bridgehead atoms. The van der Waals surface area contributed by atoms with E-state index < -0.39 is 22.1 Å². The van der Waals surface area contributed by atoms with Crippen molar-refractivity contribution in [2.75, 3.05) is 18.9 Å². The number of alkyl halides is 2. The minimum Gasteiger partial charge on any atom is -0.338 e. The maximum absolute atomic E-state index is 12.9. The van der Waals surface area contributed by atoms with Gasteiger partial charge in [0.2, 0.25) is 11.8 Å². The van der Waals surface area contributed by atoms with Crippen LogP contribution in [-0.4, -0.2) is 40.4 Å². The van der Waals surface area contributed by atoms with Gasteiger partial charge in [0.05, 0.1) is 17.5 Å². The van der Waals surface area contributed by atoms with Gasteiger partial charge in [-0.05, 0) is 42.0 Å². The Morgan fingerprint density at radius 3 is 2.23 bits per heavy atom. The third-order valence-electron chi connectivity index (χ3n) is 5.03. The highest BCUT2D eigenvalue weighted by molar-refractivity contribution is 6.53. The van der Waals surface area contributed by atoms with Crippen molar-refractivity contribution in [3.63, 3.8) is 0 Å². The number of nitrogens with one attached hydrogen (secondary N) is 1. The number of rotatable bonds is 6. The quantitative estimate of drug-likeness (QED) is 0.383. The van der Waals surface area contributed by atoms with E-state index in [2.05, 4.69) is 5.32 Å². The van der Waals surface area contributed by atoms with E-state index in [-0.39, 0.29) is 28.8 Å². The molecular weight excluding hydrogens is 506 g/mol. The van der Waals surface area contributed by atoms with Crippen molar-refractivity contribution in [1.82, 2.24) is 4.90 Å². The van der Waals surface area contributed by atoms with E-state index in [1.54, 1.807) is 24.3 Å². The van der Waals surface area contributed by atoms with Gasteiger partial charge in [-0.15, -0.1) is 23.2 Å². The number of benzene rings is 2. The Morgan fingerprint density at radius 2 is 1.65 bits per heavy atom. The average Bonchev–Trinajstić information content (AvgIpc) is 3.24. The van der Waals surface area contributed by atoms with Crippen LogP contribution in [0.5, 0.6) is 0 Å².